The Hall–Kier alpha value is -1.01. The average Bonchev–Trinajstić information content (AvgIpc) is 3.01. The Morgan fingerprint density at radius 3 is 2.85 bits per heavy atom. The number of aromatic nitrogens is 1. The van der Waals surface area contributed by atoms with Crippen molar-refractivity contribution in [3.05, 3.63) is 23.4 Å². The van der Waals surface area contributed by atoms with Crippen molar-refractivity contribution in [1.29, 1.82) is 0 Å². The Bertz CT molecular complexity index is 616. The van der Waals surface area contributed by atoms with Crippen molar-refractivity contribution >= 4 is 47.4 Å². The lowest BCUT2D eigenvalue weighted by molar-refractivity contribution is -0.142. The van der Waals surface area contributed by atoms with Gasteiger partial charge in [-0.1, -0.05) is 11.6 Å². The van der Waals surface area contributed by atoms with Crippen LogP contribution < -0.4 is 15.5 Å². The molecule has 1 fully saturated rings. The fourth-order valence-electron chi connectivity index (χ4n) is 2.82. The van der Waals surface area contributed by atoms with Gasteiger partial charge in [-0.2, -0.15) is 13.2 Å². The van der Waals surface area contributed by atoms with Crippen LogP contribution in [0.1, 0.15) is 6.42 Å². The number of pyridine rings is 1. The van der Waals surface area contributed by atoms with Crippen LogP contribution in [0.15, 0.2) is 23.3 Å². The second-order valence-electron chi connectivity index (χ2n) is 6.24. The maximum Gasteiger partial charge on any atom is 0.401 e. The van der Waals surface area contributed by atoms with Crippen LogP contribution in [0.25, 0.3) is 0 Å². The van der Waals surface area contributed by atoms with Crippen molar-refractivity contribution < 1.29 is 13.2 Å². The van der Waals surface area contributed by atoms with Crippen LogP contribution in [-0.2, 0) is 0 Å². The summed E-state index contributed by atoms with van der Waals surface area (Å²) in [7, 11) is 3.08. The number of nitrogens with zero attached hydrogens (tertiary/aromatic N) is 4. The normalized spacial score (nSPS) is 17.8. The number of likely N-dealkylation sites (N-methyl/N-ethyl adjacent to an activating group) is 1. The Balaban J connectivity index is 0.00000364. The largest absolute Gasteiger partial charge is 0.401 e. The molecule has 2 heterocycles. The predicted octanol–water partition coefficient (Wildman–Crippen LogP) is 2.59. The highest BCUT2D eigenvalue weighted by atomic mass is 127. The monoisotopic (exact) mass is 520 g/mol. The van der Waals surface area contributed by atoms with Gasteiger partial charge in [0.05, 0.1) is 11.6 Å². The van der Waals surface area contributed by atoms with Crippen molar-refractivity contribution in [2.75, 3.05) is 51.7 Å². The first-order valence-corrected chi connectivity index (χ1v) is 8.74. The number of alkyl halides is 3. The number of nitrogens with one attached hydrogen (secondary N) is 2. The molecule has 1 aliphatic rings. The number of hydrogen-bond donors (Lipinski definition) is 2. The summed E-state index contributed by atoms with van der Waals surface area (Å²) in [6, 6.07) is 3.76. The Labute approximate surface area is 179 Å². The molecule has 11 heteroatoms. The Kier molecular flexibility index (Phi) is 9.88. The molecule has 1 saturated heterocycles. The van der Waals surface area contributed by atoms with Gasteiger partial charge in [-0.25, -0.2) is 4.98 Å². The van der Waals surface area contributed by atoms with E-state index in [1.165, 1.54) is 11.9 Å². The first-order valence-electron chi connectivity index (χ1n) is 8.36. The van der Waals surface area contributed by atoms with Crippen LogP contribution in [0.3, 0.4) is 0 Å². The summed E-state index contributed by atoms with van der Waals surface area (Å²) in [4.78, 5) is 11.8. The lowest BCUT2D eigenvalue weighted by Crippen LogP contribution is -2.47. The van der Waals surface area contributed by atoms with Gasteiger partial charge in [0, 0.05) is 45.5 Å². The average molecular weight is 521 g/mol. The van der Waals surface area contributed by atoms with Gasteiger partial charge in [-0.3, -0.25) is 9.89 Å². The van der Waals surface area contributed by atoms with Crippen molar-refractivity contribution in [3.63, 3.8) is 0 Å². The standard InChI is InChI=1S/C16H24ClF3N6.HI/c1-21-15(23-7-9-25(2)11-16(18,19)20)24-12-5-8-26(10-12)14-13(17)4-3-6-22-14;/h3-4,6,12H,5,7-11H2,1-2H3,(H2,21,23,24);1H. The van der Waals surface area contributed by atoms with Crippen LogP contribution in [-0.4, -0.2) is 74.9 Å². The molecule has 0 spiro atoms. The Morgan fingerprint density at radius 2 is 2.22 bits per heavy atom. The SMILES string of the molecule is CN=C(NCCN(C)CC(F)(F)F)NC1CCN(c2ncccc2Cl)C1.I. The third kappa shape index (κ3) is 8.26. The highest BCUT2D eigenvalue weighted by Crippen LogP contribution is 2.25. The summed E-state index contributed by atoms with van der Waals surface area (Å²) in [6.45, 7) is 1.25. The lowest BCUT2D eigenvalue weighted by Gasteiger charge is -2.22. The fourth-order valence-corrected chi connectivity index (χ4v) is 3.06. The van der Waals surface area contributed by atoms with Gasteiger partial charge in [0.25, 0.3) is 0 Å². The molecule has 0 aromatic carbocycles. The minimum absolute atomic E-state index is 0. The van der Waals surface area contributed by atoms with Crippen LogP contribution in [0.5, 0.6) is 0 Å². The molecule has 2 rings (SSSR count). The van der Waals surface area contributed by atoms with Gasteiger partial charge in [-0.05, 0) is 25.6 Å². The summed E-state index contributed by atoms with van der Waals surface area (Å²) in [6.07, 6.45) is -1.59. The molecular formula is C16H25ClF3IN6. The van der Waals surface area contributed by atoms with Crippen molar-refractivity contribution in [2.45, 2.75) is 18.6 Å². The van der Waals surface area contributed by atoms with E-state index in [-0.39, 0.29) is 36.6 Å². The van der Waals surface area contributed by atoms with E-state index in [1.807, 2.05) is 6.07 Å². The number of rotatable bonds is 6. The molecule has 1 aliphatic heterocycles. The van der Waals surface area contributed by atoms with Gasteiger partial charge in [0.2, 0.25) is 0 Å². The molecule has 27 heavy (non-hydrogen) atoms. The summed E-state index contributed by atoms with van der Waals surface area (Å²) in [5, 5.41) is 6.96. The van der Waals surface area contributed by atoms with Crippen LogP contribution in [0, 0.1) is 0 Å². The molecule has 1 atom stereocenters. The molecule has 1 unspecified atom stereocenters. The minimum Gasteiger partial charge on any atom is -0.355 e. The highest BCUT2D eigenvalue weighted by Gasteiger charge is 2.29. The maximum absolute atomic E-state index is 12.3. The van der Waals surface area contributed by atoms with Gasteiger partial charge in [0.1, 0.15) is 5.82 Å². The van der Waals surface area contributed by atoms with Crippen LogP contribution in [0.2, 0.25) is 5.02 Å². The van der Waals surface area contributed by atoms with Crippen molar-refractivity contribution in [2.24, 2.45) is 4.99 Å². The number of aliphatic imine (C=N–C) groups is 1. The third-order valence-corrected chi connectivity index (χ3v) is 4.32. The van der Waals surface area contributed by atoms with E-state index in [0.29, 0.717) is 17.5 Å². The number of guanidine groups is 1. The minimum atomic E-state index is -4.19. The molecule has 0 bridgehead atoms. The first kappa shape index (κ1) is 24.0. The summed E-state index contributed by atoms with van der Waals surface area (Å²) < 4.78 is 36.9. The summed E-state index contributed by atoms with van der Waals surface area (Å²) in [5.74, 6) is 1.33. The zero-order valence-corrected chi connectivity index (χ0v) is 18.3. The summed E-state index contributed by atoms with van der Waals surface area (Å²) in [5.41, 5.74) is 0. The molecule has 0 saturated carbocycles. The topological polar surface area (TPSA) is 55.8 Å². The van der Waals surface area contributed by atoms with E-state index in [1.54, 1.807) is 19.3 Å². The van der Waals surface area contributed by atoms with E-state index in [9.17, 15) is 13.2 Å². The first-order chi connectivity index (χ1) is 12.3. The second-order valence-corrected chi connectivity index (χ2v) is 6.64. The van der Waals surface area contributed by atoms with E-state index in [2.05, 4.69) is 25.5 Å². The van der Waals surface area contributed by atoms with E-state index >= 15 is 0 Å². The smallest absolute Gasteiger partial charge is 0.355 e. The van der Waals surface area contributed by atoms with Gasteiger partial charge in [0.15, 0.2) is 5.96 Å². The molecule has 0 aliphatic carbocycles. The Morgan fingerprint density at radius 1 is 1.48 bits per heavy atom. The quantitative estimate of drug-likeness (QED) is 0.343. The number of anilines is 1. The van der Waals surface area contributed by atoms with Gasteiger partial charge < -0.3 is 15.5 Å². The summed E-state index contributed by atoms with van der Waals surface area (Å²) >= 11 is 6.18. The highest BCUT2D eigenvalue weighted by molar-refractivity contribution is 14.0. The maximum atomic E-state index is 12.3. The molecule has 1 aromatic heterocycles. The van der Waals surface area contributed by atoms with Crippen molar-refractivity contribution in [1.82, 2.24) is 20.5 Å². The fraction of sp³-hybridized carbons (Fsp3) is 0.625. The number of hydrogen-bond acceptors (Lipinski definition) is 4. The van der Waals surface area contributed by atoms with E-state index in [0.717, 1.165) is 25.3 Å². The third-order valence-electron chi connectivity index (χ3n) is 4.03. The van der Waals surface area contributed by atoms with Crippen molar-refractivity contribution in [3.8, 4) is 0 Å². The molecule has 0 radical (unpaired) electrons. The second kappa shape index (κ2) is 11.1. The molecular weight excluding hydrogens is 496 g/mol. The van der Waals surface area contributed by atoms with E-state index in [4.69, 9.17) is 11.6 Å². The lowest BCUT2D eigenvalue weighted by atomic mass is 10.3. The number of halogens is 5. The van der Waals surface area contributed by atoms with Crippen LogP contribution in [0.4, 0.5) is 19.0 Å². The molecule has 2 N–H and O–H groups in total. The molecule has 0 amide bonds. The van der Waals surface area contributed by atoms with E-state index < -0.39 is 12.7 Å². The van der Waals surface area contributed by atoms with Crippen LogP contribution >= 0.6 is 35.6 Å². The predicted molar refractivity (Wildman–Crippen MR) is 113 cm³/mol. The zero-order chi connectivity index (χ0) is 19.2. The molecule has 154 valence electrons. The van der Waals surface area contributed by atoms with Gasteiger partial charge >= 0.3 is 6.18 Å². The molecule has 6 nitrogen and oxygen atoms in total. The molecule has 1 aromatic rings. The zero-order valence-electron chi connectivity index (χ0n) is 15.3. The van der Waals surface area contributed by atoms with Gasteiger partial charge in [-0.15, -0.1) is 24.0 Å².